The normalized spacial score (nSPS) is 25.8. The summed E-state index contributed by atoms with van der Waals surface area (Å²) in [6.07, 6.45) is 2.57. The van der Waals surface area contributed by atoms with E-state index in [2.05, 4.69) is 0 Å². The average Bonchev–Trinajstić information content (AvgIpc) is 3.65. The maximum absolute atomic E-state index is 14.6. The molecule has 1 saturated heterocycles. The van der Waals surface area contributed by atoms with Crippen molar-refractivity contribution in [2.24, 2.45) is 5.92 Å². The number of urea groups is 1. The number of carboxylic acids is 1. The van der Waals surface area contributed by atoms with Gasteiger partial charge < -0.3 is 19.6 Å². The Morgan fingerprint density at radius 1 is 1.00 bits per heavy atom. The molecule has 37 heavy (non-hydrogen) atoms. The lowest BCUT2D eigenvalue weighted by atomic mass is 9.68. The number of anilines is 1. The van der Waals surface area contributed by atoms with Gasteiger partial charge in [-0.1, -0.05) is 30.3 Å². The highest BCUT2D eigenvalue weighted by Crippen LogP contribution is 2.55. The van der Waals surface area contributed by atoms with Crippen LogP contribution in [0.25, 0.3) is 0 Å². The SMILES string of the molecule is O=C(O)[C@H]1CCN1C(=O)N(C1CC1)[C@@H]1c2cc(F)c(F)cc2N(C(=O)OCc2ccccc2)[C@@H]2CC[C@@H]21. The van der Waals surface area contributed by atoms with E-state index in [0.29, 0.717) is 31.4 Å². The van der Waals surface area contributed by atoms with Gasteiger partial charge in [-0.3, -0.25) is 4.90 Å². The molecule has 2 aliphatic carbocycles. The van der Waals surface area contributed by atoms with Gasteiger partial charge in [0.05, 0.1) is 11.7 Å². The smallest absolute Gasteiger partial charge is 0.414 e. The summed E-state index contributed by atoms with van der Waals surface area (Å²) in [5, 5.41) is 9.50. The first-order chi connectivity index (χ1) is 17.8. The lowest BCUT2D eigenvalue weighted by Crippen LogP contribution is -2.63. The number of carboxylic acid groups (broad SMARTS) is 1. The van der Waals surface area contributed by atoms with Gasteiger partial charge in [-0.2, -0.15) is 0 Å². The van der Waals surface area contributed by atoms with Gasteiger partial charge in [-0.25, -0.2) is 23.2 Å². The molecule has 3 amide bonds. The molecule has 0 bridgehead atoms. The Kier molecular flexibility index (Phi) is 5.77. The number of nitrogens with zero attached hydrogens (tertiary/aromatic N) is 3. The lowest BCUT2D eigenvalue weighted by molar-refractivity contribution is -0.146. The number of likely N-dealkylation sites (tertiary alicyclic amines) is 1. The maximum Gasteiger partial charge on any atom is 0.414 e. The fourth-order valence-electron chi connectivity index (χ4n) is 5.86. The molecule has 4 atom stereocenters. The molecule has 10 heteroatoms. The van der Waals surface area contributed by atoms with Crippen molar-refractivity contribution in [3.05, 3.63) is 65.2 Å². The zero-order valence-electron chi connectivity index (χ0n) is 20.1. The van der Waals surface area contributed by atoms with Gasteiger partial charge in [0.25, 0.3) is 0 Å². The summed E-state index contributed by atoms with van der Waals surface area (Å²) in [6, 6.07) is 8.95. The summed E-state index contributed by atoms with van der Waals surface area (Å²) >= 11 is 0. The highest BCUT2D eigenvalue weighted by Gasteiger charge is 2.56. The predicted octanol–water partition coefficient (Wildman–Crippen LogP) is 4.68. The summed E-state index contributed by atoms with van der Waals surface area (Å²) in [6.45, 7) is 0.372. The van der Waals surface area contributed by atoms with Crippen molar-refractivity contribution in [2.45, 2.75) is 62.9 Å². The first-order valence-corrected chi connectivity index (χ1v) is 12.7. The fourth-order valence-corrected chi connectivity index (χ4v) is 5.86. The molecule has 3 fully saturated rings. The van der Waals surface area contributed by atoms with Gasteiger partial charge in [0.1, 0.15) is 12.6 Å². The molecule has 4 aliphatic rings. The van der Waals surface area contributed by atoms with Crippen LogP contribution in [0.1, 0.15) is 49.3 Å². The van der Waals surface area contributed by atoms with Crippen molar-refractivity contribution in [3.63, 3.8) is 0 Å². The zero-order chi connectivity index (χ0) is 25.8. The van der Waals surface area contributed by atoms with Crippen LogP contribution in [-0.2, 0) is 16.1 Å². The number of fused-ring (bicyclic) bond motifs is 2. The Morgan fingerprint density at radius 3 is 2.32 bits per heavy atom. The molecule has 2 heterocycles. The van der Waals surface area contributed by atoms with Crippen LogP contribution in [0.2, 0.25) is 0 Å². The lowest BCUT2D eigenvalue weighted by Gasteiger charge is -2.55. The van der Waals surface area contributed by atoms with Gasteiger partial charge in [0, 0.05) is 36.2 Å². The van der Waals surface area contributed by atoms with E-state index < -0.39 is 41.8 Å². The Morgan fingerprint density at radius 2 is 1.73 bits per heavy atom. The van der Waals surface area contributed by atoms with Crippen LogP contribution in [0.15, 0.2) is 42.5 Å². The number of benzene rings is 2. The summed E-state index contributed by atoms with van der Waals surface area (Å²) < 4.78 is 34.7. The number of halogens is 2. The van der Waals surface area contributed by atoms with Gasteiger partial charge >= 0.3 is 18.1 Å². The molecular weight excluding hydrogens is 484 g/mol. The van der Waals surface area contributed by atoms with E-state index >= 15 is 0 Å². The molecule has 8 nitrogen and oxygen atoms in total. The van der Waals surface area contributed by atoms with Crippen LogP contribution < -0.4 is 4.90 Å². The third kappa shape index (κ3) is 3.98. The number of rotatable bonds is 5. The van der Waals surface area contributed by atoms with E-state index in [9.17, 15) is 28.3 Å². The van der Waals surface area contributed by atoms with Crippen LogP contribution in [0.3, 0.4) is 0 Å². The zero-order valence-corrected chi connectivity index (χ0v) is 20.1. The minimum absolute atomic E-state index is 0.0359. The molecule has 194 valence electrons. The van der Waals surface area contributed by atoms with E-state index in [1.54, 1.807) is 4.90 Å². The average molecular weight is 512 g/mol. The number of aliphatic carboxylic acids is 1. The third-order valence-corrected chi connectivity index (χ3v) is 8.09. The molecule has 1 N–H and O–H groups in total. The number of amides is 3. The van der Waals surface area contributed by atoms with E-state index in [4.69, 9.17) is 4.74 Å². The van der Waals surface area contributed by atoms with Crippen LogP contribution in [0, 0.1) is 17.6 Å². The second kappa shape index (κ2) is 9.00. The first kappa shape index (κ1) is 23.7. The molecule has 2 aromatic carbocycles. The summed E-state index contributed by atoms with van der Waals surface area (Å²) in [4.78, 5) is 43.0. The second-order valence-corrected chi connectivity index (χ2v) is 10.2. The molecule has 2 aromatic rings. The molecule has 0 unspecified atom stereocenters. The summed E-state index contributed by atoms with van der Waals surface area (Å²) in [5.41, 5.74) is 1.35. The number of ether oxygens (including phenoxy) is 1. The highest BCUT2D eigenvalue weighted by molar-refractivity contribution is 5.91. The van der Waals surface area contributed by atoms with Crippen molar-refractivity contribution in [2.75, 3.05) is 11.4 Å². The van der Waals surface area contributed by atoms with E-state index in [-0.39, 0.29) is 30.3 Å². The van der Waals surface area contributed by atoms with Crippen molar-refractivity contribution in [1.82, 2.24) is 9.80 Å². The third-order valence-electron chi connectivity index (χ3n) is 8.09. The Balaban J connectivity index is 1.35. The van der Waals surface area contributed by atoms with Gasteiger partial charge in [-0.05, 0) is 43.7 Å². The quantitative estimate of drug-likeness (QED) is 0.629. The fraction of sp³-hybridized carbons (Fsp3) is 0.444. The topological polar surface area (TPSA) is 90.4 Å². The number of hydrogen-bond acceptors (Lipinski definition) is 4. The van der Waals surface area contributed by atoms with Crippen LogP contribution in [0.5, 0.6) is 0 Å². The summed E-state index contributed by atoms with van der Waals surface area (Å²) in [5.74, 6) is -3.40. The number of carbonyl (C=O) groups excluding carboxylic acids is 2. The standard InChI is InChI=1S/C27H27F2N3O5/c28-19-12-18-23(13-20(19)29)32(27(36)37-14-15-4-2-1-3-5-15)21-9-8-17(21)24(18)31(16-6-7-16)26(35)30-11-10-22(30)25(33)34/h1-5,12-13,16-17,21-22,24H,6-11,14H2,(H,33,34)/t17-,21+,22+,24-/m0/s1. The molecular formula is C27H27F2N3O5. The number of carbonyl (C=O) groups is 3. The van der Waals surface area contributed by atoms with Crippen LogP contribution >= 0.6 is 0 Å². The Hall–Kier alpha value is -3.69. The van der Waals surface area contributed by atoms with Gasteiger partial charge in [0.2, 0.25) is 0 Å². The van der Waals surface area contributed by atoms with Gasteiger partial charge in [-0.15, -0.1) is 0 Å². The van der Waals surface area contributed by atoms with E-state index in [1.807, 2.05) is 30.3 Å². The van der Waals surface area contributed by atoms with Crippen molar-refractivity contribution >= 4 is 23.8 Å². The van der Waals surface area contributed by atoms with E-state index in [1.165, 1.54) is 9.80 Å². The Bertz CT molecular complexity index is 1250. The molecule has 2 aliphatic heterocycles. The molecule has 6 rings (SSSR count). The van der Waals surface area contributed by atoms with Crippen molar-refractivity contribution in [3.8, 4) is 0 Å². The van der Waals surface area contributed by atoms with E-state index in [0.717, 1.165) is 30.5 Å². The molecule has 2 saturated carbocycles. The summed E-state index contributed by atoms with van der Waals surface area (Å²) in [7, 11) is 0. The first-order valence-electron chi connectivity index (χ1n) is 12.7. The molecule has 0 aromatic heterocycles. The van der Waals surface area contributed by atoms with Crippen LogP contribution in [0.4, 0.5) is 24.1 Å². The van der Waals surface area contributed by atoms with Gasteiger partial charge in [0.15, 0.2) is 11.6 Å². The Labute approximate surface area is 212 Å². The maximum atomic E-state index is 14.6. The van der Waals surface area contributed by atoms with Crippen LogP contribution in [-0.4, -0.2) is 57.7 Å². The minimum atomic E-state index is -1.09. The molecule has 0 radical (unpaired) electrons. The molecule has 0 spiro atoms. The monoisotopic (exact) mass is 511 g/mol. The van der Waals surface area contributed by atoms with Crippen molar-refractivity contribution in [1.29, 1.82) is 0 Å². The minimum Gasteiger partial charge on any atom is -0.480 e. The predicted molar refractivity (Wildman–Crippen MR) is 128 cm³/mol. The largest absolute Gasteiger partial charge is 0.480 e. The number of hydrogen-bond donors (Lipinski definition) is 1. The van der Waals surface area contributed by atoms with Crippen molar-refractivity contribution < 1.29 is 33.0 Å². The second-order valence-electron chi connectivity index (χ2n) is 10.2. The highest BCUT2D eigenvalue weighted by atomic mass is 19.2.